The predicted molar refractivity (Wildman–Crippen MR) is 71.2 cm³/mol. The van der Waals surface area contributed by atoms with Gasteiger partial charge >= 0.3 is 0 Å². The second-order valence-electron chi connectivity index (χ2n) is 4.29. The van der Waals surface area contributed by atoms with Gasteiger partial charge in [-0.3, -0.25) is 10.1 Å². The van der Waals surface area contributed by atoms with E-state index in [2.05, 4.69) is 6.58 Å². The zero-order valence-electron chi connectivity index (χ0n) is 10.3. The molecule has 2 rings (SSSR count). The van der Waals surface area contributed by atoms with Gasteiger partial charge in [0, 0.05) is 6.07 Å². The quantitative estimate of drug-likeness (QED) is 0.605. The maximum absolute atomic E-state index is 11.1. The molecule has 1 aliphatic rings. The van der Waals surface area contributed by atoms with Gasteiger partial charge in [-0.25, -0.2) is 0 Å². The van der Waals surface area contributed by atoms with E-state index in [0.717, 1.165) is 17.6 Å². The van der Waals surface area contributed by atoms with E-state index < -0.39 is 0 Å². The summed E-state index contributed by atoms with van der Waals surface area (Å²) in [4.78, 5) is 10.7. The number of benzene rings is 1. The molecule has 0 N–H and O–H groups in total. The van der Waals surface area contributed by atoms with Crippen LogP contribution < -0.4 is 0 Å². The average molecular weight is 245 g/mol. The highest BCUT2D eigenvalue weighted by atomic mass is 16.6. The van der Waals surface area contributed by atoms with Crippen LogP contribution in [0.4, 0.5) is 5.69 Å². The molecule has 0 aromatic heterocycles. The van der Waals surface area contributed by atoms with Gasteiger partial charge in [-0.05, 0) is 30.1 Å². The molecule has 0 bridgehead atoms. The van der Waals surface area contributed by atoms with Crippen LogP contribution in [0.3, 0.4) is 0 Å². The molecular weight excluding hydrogens is 230 g/mol. The van der Waals surface area contributed by atoms with E-state index in [1.807, 2.05) is 12.1 Å². The standard InChI is InChI=1S/C14H15NO3/c1-10(2)14-12(11-6-8-18-9-7-11)4-3-5-13(14)15(16)17/h3-6H,1,7-9H2,2H3. The van der Waals surface area contributed by atoms with Gasteiger partial charge in [-0.15, -0.1) is 0 Å². The van der Waals surface area contributed by atoms with Crippen LogP contribution in [0.2, 0.25) is 0 Å². The Hall–Kier alpha value is -1.94. The van der Waals surface area contributed by atoms with Gasteiger partial charge in [0.05, 0.1) is 23.7 Å². The highest BCUT2D eigenvalue weighted by Gasteiger charge is 2.20. The Bertz CT molecular complexity index is 532. The summed E-state index contributed by atoms with van der Waals surface area (Å²) in [6.07, 6.45) is 2.76. The third-order valence-corrected chi connectivity index (χ3v) is 2.98. The molecule has 1 aromatic carbocycles. The Labute approximate surface area is 106 Å². The molecule has 0 aliphatic carbocycles. The topological polar surface area (TPSA) is 52.4 Å². The minimum Gasteiger partial charge on any atom is -0.377 e. The first-order valence-corrected chi connectivity index (χ1v) is 5.81. The molecule has 4 nitrogen and oxygen atoms in total. The van der Waals surface area contributed by atoms with Crippen molar-refractivity contribution in [3.05, 3.63) is 52.1 Å². The lowest BCUT2D eigenvalue weighted by Gasteiger charge is -2.17. The molecule has 0 atom stereocenters. The first-order valence-electron chi connectivity index (χ1n) is 5.81. The lowest BCUT2D eigenvalue weighted by atomic mass is 9.92. The van der Waals surface area contributed by atoms with Crippen molar-refractivity contribution in [1.82, 2.24) is 0 Å². The van der Waals surface area contributed by atoms with E-state index in [0.29, 0.717) is 24.4 Å². The van der Waals surface area contributed by atoms with E-state index in [-0.39, 0.29) is 10.6 Å². The minimum absolute atomic E-state index is 0.118. The van der Waals surface area contributed by atoms with Gasteiger partial charge in [0.2, 0.25) is 0 Å². The van der Waals surface area contributed by atoms with Crippen molar-refractivity contribution >= 4 is 16.8 Å². The fourth-order valence-corrected chi connectivity index (χ4v) is 2.18. The lowest BCUT2D eigenvalue weighted by molar-refractivity contribution is -0.385. The van der Waals surface area contributed by atoms with E-state index in [1.54, 1.807) is 13.0 Å². The molecule has 1 aromatic rings. The van der Waals surface area contributed by atoms with Crippen molar-refractivity contribution in [3.8, 4) is 0 Å². The number of nitro benzene ring substituents is 1. The Kier molecular flexibility index (Phi) is 3.58. The third kappa shape index (κ3) is 2.33. The summed E-state index contributed by atoms with van der Waals surface area (Å²) in [5.41, 5.74) is 3.47. The van der Waals surface area contributed by atoms with Gasteiger partial charge in [0.25, 0.3) is 5.69 Å². The molecule has 18 heavy (non-hydrogen) atoms. The zero-order valence-corrected chi connectivity index (χ0v) is 10.3. The minimum atomic E-state index is -0.354. The molecule has 0 unspecified atom stereocenters. The number of nitro groups is 1. The predicted octanol–water partition coefficient (Wildman–Crippen LogP) is 3.43. The monoisotopic (exact) mass is 245 g/mol. The van der Waals surface area contributed by atoms with Gasteiger partial charge in [0.15, 0.2) is 0 Å². The van der Waals surface area contributed by atoms with E-state index in [9.17, 15) is 10.1 Å². The Morgan fingerprint density at radius 3 is 2.83 bits per heavy atom. The highest BCUT2D eigenvalue weighted by Crippen LogP contribution is 2.34. The van der Waals surface area contributed by atoms with Crippen LogP contribution >= 0.6 is 0 Å². The molecule has 0 fully saturated rings. The number of hydrogen-bond acceptors (Lipinski definition) is 3. The van der Waals surface area contributed by atoms with Gasteiger partial charge in [-0.2, -0.15) is 0 Å². The normalized spacial score (nSPS) is 15.1. The van der Waals surface area contributed by atoms with E-state index >= 15 is 0 Å². The van der Waals surface area contributed by atoms with Crippen molar-refractivity contribution in [2.45, 2.75) is 13.3 Å². The SMILES string of the molecule is C=C(C)c1c(C2=CCOCC2)cccc1[N+](=O)[O-]. The lowest BCUT2D eigenvalue weighted by Crippen LogP contribution is -2.06. The number of rotatable bonds is 3. The summed E-state index contributed by atoms with van der Waals surface area (Å²) in [6, 6.07) is 5.15. The molecule has 0 saturated heterocycles. The summed E-state index contributed by atoms with van der Waals surface area (Å²) in [7, 11) is 0. The van der Waals surface area contributed by atoms with Crippen LogP contribution in [0.25, 0.3) is 11.1 Å². The number of allylic oxidation sites excluding steroid dienone is 1. The fraction of sp³-hybridized carbons (Fsp3) is 0.286. The molecule has 0 radical (unpaired) electrons. The summed E-state index contributed by atoms with van der Waals surface area (Å²) in [5, 5.41) is 11.1. The van der Waals surface area contributed by atoms with Crippen LogP contribution in [0, 0.1) is 10.1 Å². The smallest absolute Gasteiger partial charge is 0.277 e. The molecule has 1 heterocycles. The van der Waals surface area contributed by atoms with Crippen molar-refractivity contribution in [2.24, 2.45) is 0 Å². The molecule has 1 aliphatic heterocycles. The number of hydrogen-bond donors (Lipinski definition) is 0. The molecule has 0 saturated carbocycles. The fourth-order valence-electron chi connectivity index (χ4n) is 2.18. The van der Waals surface area contributed by atoms with Gasteiger partial charge in [-0.1, -0.05) is 24.8 Å². The second kappa shape index (κ2) is 5.14. The molecule has 94 valence electrons. The Balaban J connectivity index is 2.59. The van der Waals surface area contributed by atoms with Crippen LogP contribution in [0.1, 0.15) is 24.5 Å². The van der Waals surface area contributed by atoms with E-state index in [1.165, 1.54) is 6.07 Å². The average Bonchev–Trinajstić information content (AvgIpc) is 2.38. The first kappa shape index (κ1) is 12.5. The molecular formula is C14H15NO3. The third-order valence-electron chi connectivity index (χ3n) is 2.98. The van der Waals surface area contributed by atoms with E-state index in [4.69, 9.17) is 4.74 Å². The van der Waals surface area contributed by atoms with Crippen molar-refractivity contribution in [2.75, 3.05) is 13.2 Å². The van der Waals surface area contributed by atoms with Crippen LogP contribution in [0.5, 0.6) is 0 Å². The van der Waals surface area contributed by atoms with Gasteiger partial charge in [0.1, 0.15) is 0 Å². The number of nitrogens with zero attached hydrogens (tertiary/aromatic N) is 1. The summed E-state index contributed by atoms with van der Waals surface area (Å²) in [6.45, 7) is 6.88. The zero-order chi connectivity index (χ0) is 13.1. The van der Waals surface area contributed by atoms with Crippen molar-refractivity contribution in [1.29, 1.82) is 0 Å². The van der Waals surface area contributed by atoms with Crippen molar-refractivity contribution in [3.63, 3.8) is 0 Å². The summed E-state index contributed by atoms with van der Waals surface area (Å²) in [5.74, 6) is 0. The Morgan fingerprint density at radius 2 is 2.28 bits per heavy atom. The van der Waals surface area contributed by atoms with Crippen LogP contribution in [-0.4, -0.2) is 18.1 Å². The maximum Gasteiger partial charge on any atom is 0.277 e. The first-order chi connectivity index (χ1) is 8.61. The highest BCUT2D eigenvalue weighted by molar-refractivity contribution is 5.83. The van der Waals surface area contributed by atoms with Crippen LogP contribution in [-0.2, 0) is 4.74 Å². The Morgan fingerprint density at radius 1 is 1.50 bits per heavy atom. The van der Waals surface area contributed by atoms with Crippen LogP contribution in [0.15, 0.2) is 30.9 Å². The van der Waals surface area contributed by atoms with Gasteiger partial charge < -0.3 is 4.74 Å². The summed E-state index contributed by atoms with van der Waals surface area (Å²) >= 11 is 0. The number of ether oxygens (including phenoxy) is 1. The second-order valence-corrected chi connectivity index (χ2v) is 4.29. The molecule has 4 heteroatoms. The largest absolute Gasteiger partial charge is 0.377 e. The summed E-state index contributed by atoms with van der Waals surface area (Å²) < 4.78 is 5.27. The van der Waals surface area contributed by atoms with Crippen molar-refractivity contribution < 1.29 is 9.66 Å². The maximum atomic E-state index is 11.1. The molecule has 0 amide bonds. The molecule has 0 spiro atoms.